The fraction of sp³-hybridized carbons (Fsp3) is 0.333. The van der Waals surface area contributed by atoms with E-state index in [0.29, 0.717) is 41.8 Å². The van der Waals surface area contributed by atoms with Gasteiger partial charge in [0, 0.05) is 66.1 Å². The van der Waals surface area contributed by atoms with Gasteiger partial charge in [-0.15, -0.1) is 0 Å². The van der Waals surface area contributed by atoms with Crippen molar-refractivity contribution in [1.82, 2.24) is 15.1 Å². The molecule has 8 nitrogen and oxygen atoms in total. The third-order valence-electron chi connectivity index (χ3n) is 9.01. The molecule has 3 aliphatic rings. The zero-order valence-corrected chi connectivity index (χ0v) is 24.8. The fourth-order valence-corrected chi connectivity index (χ4v) is 7.07. The van der Waals surface area contributed by atoms with Gasteiger partial charge >= 0.3 is 0 Å². The minimum Gasteiger partial charge on any atom is -0.483 e. The zero-order chi connectivity index (χ0) is 30.7. The van der Waals surface area contributed by atoms with Crippen LogP contribution in [-0.2, 0) is 25.7 Å². The van der Waals surface area contributed by atoms with Crippen LogP contribution in [0.25, 0.3) is 22.3 Å². The van der Waals surface area contributed by atoms with Gasteiger partial charge in [0.05, 0.1) is 16.7 Å². The highest BCUT2D eigenvalue weighted by Gasteiger charge is 2.45. The SMILES string of the molecule is Cn1cc2c(n1)COc1c-2cc(C(N)=O)c(-c2c(Cl)c(F)cc3c2C[C@@](CNC2CCC(O)CC2)(c2ccccc2)O3)c1F. The Labute approximate surface area is 257 Å². The predicted octanol–water partition coefficient (Wildman–Crippen LogP) is 5.40. The number of nitrogens with one attached hydrogen (secondary N) is 1. The molecule has 1 saturated carbocycles. The minimum atomic E-state index is -0.982. The summed E-state index contributed by atoms with van der Waals surface area (Å²) in [6.45, 7) is 0.391. The van der Waals surface area contributed by atoms with E-state index in [0.717, 1.165) is 18.4 Å². The van der Waals surface area contributed by atoms with Gasteiger partial charge in [-0.1, -0.05) is 41.9 Å². The van der Waals surface area contributed by atoms with Gasteiger partial charge in [0.1, 0.15) is 23.9 Å². The van der Waals surface area contributed by atoms with Crippen molar-refractivity contribution in [1.29, 1.82) is 0 Å². The first-order chi connectivity index (χ1) is 21.1. The van der Waals surface area contributed by atoms with Crippen molar-refractivity contribution in [3.05, 3.63) is 87.7 Å². The Balaban J connectivity index is 1.37. The van der Waals surface area contributed by atoms with E-state index >= 15 is 8.78 Å². The van der Waals surface area contributed by atoms with Crippen molar-refractivity contribution >= 4 is 17.5 Å². The van der Waals surface area contributed by atoms with E-state index in [1.54, 1.807) is 17.9 Å². The largest absolute Gasteiger partial charge is 0.483 e. The van der Waals surface area contributed by atoms with E-state index in [1.165, 1.54) is 12.1 Å². The molecule has 0 bridgehead atoms. The molecule has 2 aliphatic heterocycles. The van der Waals surface area contributed by atoms with E-state index in [2.05, 4.69) is 10.4 Å². The van der Waals surface area contributed by atoms with Crippen LogP contribution in [0.2, 0.25) is 5.02 Å². The number of hydrogen-bond acceptors (Lipinski definition) is 6. The summed E-state index contributed by atoms with van der Waals surface area (Å²) in [5, 5.41) is 17.6. The highest BCUT2D eigenvalue weighted by Crippen LogP contribution is 2.52. The second kappa shape index (κ2) is 10.9. The molecule has 3 aromatic carbocycles. The quantitative estimate of drug-likeness (QED) is 0.266. The second-order valence-electron chi connectivity index (χ2n) is 11.9. The second-order valence-corrected chi connectivity index (χ2v) is 12.2. The molecule has 0 radical (unpaired) electrons. The van der Waals surface area contributed by atoms with Gasteiger partial charge in [-0.2, -0.15) is 5.10 Å². The van der Waals surface area contributed by atoms with E-state index in [-0.39, 0.29) is 58.4 Å². The minimum absolute atomic E-state index is 0.00921. The first-order valence-electron chi connectivity index (χ1n) is 14.6. The summed E-state index contributed by atoms with van der Waals surface area (Å²) in [5.41, 5.74) is 7.31. The Morgan fingerprint density at radius 1 is 1.16 bits per heavy atom. The number of halogens is 3. The van der Waals surface area contributed by atoms with Gasteiger partial charge < -0.3 is 25.6 Å². The number of aryl methyl sites for hydroxylation is 1. The molecule has 0 spiro atoms. The Bertz CT molecular complexity index is 1790. The maximum Gasteiger partial charge on any atom is 0.249 e. The zero-order valence-electron chi connectivity index (χ0n) is 24.0. The molecule has 0 unspecified atom stereocenters. The van der Waals surface area contributed by atoms with Crippen LogP contribution in [0, 0.1) is 11.6 Å². The molecule has 0 saturated heterocycles. The Kier molecular flexibility index (Phi) is 7.10. The molecule has 7 rings (SSSR count). The Hall–Kier alpha value is -3.99. The monoisotopic (exact) mass is 620 g/mol. The Morgan fingerprint density at radius 3 is 2.64 bits per heavy atom. The van der Waals surface area contributed by atoms with Crippen LogP contribution in [0.4, 0.5) is 8.78 Å². The molecular weight excluding hydrogens is 590 g/mol. The number of amides is 1. The van der Waals surface area contributed by atoms with Crippen LogP contribution < -0.4 is 20.5 Å². The Morgan fingerprint density at radius 2 is 1.91 bits per heavy atom. The number of carbonyl (C=O) groups is 1. The first kappa shape index (κ1) is 28.8. The lowest BCUT2D eigenvalue weighted by atomic mass is 9.84. The topological polar surface area (TPSA) is 112 Å². The van der Waals surface area contributed by atoms with Gasteiger partial charge in [0.25, 0.3) is 0 Å². The number of aliphatic hydroxyl groups is 1. The van der Waals surface area contributed by atoms with Crippen molar-refractivity contribution in [2.24, 2.45) is 12.8 Å². The lowest BCUT2D eigenvalue weighted by molar-refractivity contribution is 0.0760. The van der Waals surface area contributed by atoms with Gasteiger partial charge in [-0.25, -0.2) is 8.78 Å². The fourth-order valence-electron chi connectivity index (χ4n) is 6.81. The number of ether oxygens (including phenoxy) is 2. The van der Waals surface area contributed by atoms with E-state index in [1.807, 2.05) is 30.3 Å². The normalized spacial score (nSPS) is 22.0. The highest BCUT2D eigenvalue weighted by atomic mass is 35.5. The third kappa shape index (κ3) is 4.72. The van der Waals surface area contributed by atoms with Gasteiger partial charge in [0.15, 0.2) is 17.2 Å². The molecular formula is C33H31ClF2N4O4. The molecule has 4 N–H and O–H groups in total. The number of aliphatic hydroxyl groups excluding tert-OH is 1. The average molecular weight is 621 g/mol. The molecule has 1 fully saturated rings. The van der Waals surface area contributed by atoms with Crippen molar-refractivity contribution < 1.29 is 28.2 Å². The smallest absolute Gasteiger partial charge is 0.249 e. The number of benzene rings is 3. The van der Waals surface area contributed by atoms with Gasteiger partial charge in [-0.05, 0) is 37.3 Å². The summed E-state index contributed by atoms with van der Waals surface area (Å²) in [5.74, 6) is -2.47. The van der Waals surface area contributed by atoms with Crippen LogP contribution in [0.1, 0.15) is 52.9 Å². The summed E-state index contributed by atoms with van der Waals surface area (Å²) in [6, 6.07) is 12.4. The van der Waals surface area contributed by atoms with E-state index < -0.39 is 23.1 Å². The van der Waals surface area contributed by atoms with Crippen molar-refractivity contribution in [3.8, 4) is 33.8 Å². The average Bonchev–Trinajstić information content (AvgIpc) is 3.58. The maximum atomic E-state index is 16.7. The number of carbonyl (C=O) groups excluding carboxylic acids is 1. The lowest BCUT2D eigenvalue weighted by Gasteiger charge is -2.34. The number of nitrogens with zero attached hydrogens (tertiary/aromatic N) is 2. The summed E-state index contributed by atoms with van der Waals surface area (Å²) >= 11 is 6.64. The van der Waals surface area contributed by atoms with Crippen LogP contribution in [0.5, 0.6) is 11.5 Å². The summed E-state index contributed by atoms with van der Waals surface area (Å²) in [7, 11) is 1.74. The van der Waals surface area contributed by atoms with Crippen LogP contribution in [0.15, 0.2) is 48.7 Å². The van der Waals surface area contributed by atoms with Crippen LogP contribution in [0.3, 0.4) is 0 Å². The number of primary amides is 1. The number of nitrogens with two attached hydrogens (primary N) is 1. The van der Waals surface area contributed by atoms with Crippen molar-refractivity contribution in [2.75, 3.05) is 6.54 Å². The summed E-state index contributed by atoms with van der Waals surface area (Å²) < 4.78 is 46.2. The molecule has 1 aliphatic carbocycles. The summed E-state index contributed by atoms with van der Waals surface area (Å²) in [4.78, 5) is 12.9. The van der Waals surface area contributed by atoms with Gasteiger partial charge in [0.2, 0.25) is 5.91 Å². The first-order valence-corrected chi connectivity index (χ1v) is 15.0. The third-order valence-corrected chi connectivity index (χ3v) is 9.38. The van der Waals surface area contributed by atoms with Crippen molar-refractivity contribution in [2.45, 2.75) is 56.5 Å². The van der Waals surface area contributed by atoms with E-state index in [9.17, 15) is 9.90 Å². The molecule has 4 aromatic rings. The maximum absolute atomic E-state index is 16.7. The molecule has 1 aromatic heterocycles. The molecule has 11 heteroatoms. The standard InChI is InChI=1S/C33H31ClF2N4O4/c1-40-14-23-20-11-21(32(37)42)28(30(36)31(20)43-15-25(23)39-40)27-22-13-33(17-5-3-2-4-6-17,44-26(22)12-24(35)29(27)34)16-38-18-7-9-19(41)10-8-18/h2-6,11-12,14,18-19,38,41H,7-10,13,15-16H2,1H3,(H2,37,42)/t18?,19?,33-/m1/s1. The molecule has 1 amide bonds. The van der Waals surface area contributed by atoms with Crippen LogP contribution in [-0.4, -0.2) is 39.5 Å². The number of rotatable bonds is 6. The number of fused-ring (bicyclic) bond motifs is 4. The van der Waals surface area contributed by atoms with Crippen LogP contribution >= 0.6 is 11.6 Å². The number of hydrogen-bond donors (Lipinski definition) is 3. The lowest BCUT2D eigenvalue weighted by Crippen LogP contribution is -2.46. The molecule has 44 heavy (non-hydrogen) atoms. The van der Waals surface area contributed by atoms with E-state index in [4.69, 9.17) is 26.8 Å². The van der Waals surface area contributed by atoms with Gasteiger partial charge in [-0.3, -0.25) is 9.48 Å². The number of aromatic nitrogens is 2. The van der Waals surface area contributed by atoms with Crippen molar-refractivity contribution in [3.63, 3.8) is 0 Å². The summed E-state index contributed by atoms with van der Waals surface area (Å²) in [6.07, 6.45) is 4.67. The molecule has 1 atom stereocenters. The molecule has 3 heterocycles. The highest BCUT2D eigenvalue weighted by molar-refractivity contribution is 6.34. The predicted molar refractivity (Wildman–Crippen MR) is 161 cm³/mol. The molecule has 228 valence electrons.